The van der Waals surface area contributed by atoms with E-state index in [1.54, 1.807) is 0 Å². The molecule has 2 aromatic carbocycles. The Morgan fingerprint density at radius 1 is 1.08 bits per heavy atom. The summed E-state index contributed by atoms with van der Waals surface area (Å²) in [6, 6.07) is 13.1. The maximum absolute atomic E-state index is 13.7. The van der Waals surface area contributed by atoms with Gasteiger partial charge in [0.2, 0.25) is 5.89 Å². The molecule has 0 radical (unpaired) electrons. The van der Waals surface area contributed by atoms with Gasteiger partial charge in [-0.25, -0.2) is 8.78 Å². The van der Waals surface area contributed by atoms with Crippen molar-refractivity contribution >= 4 is 5.91 Å². The molecule has 3 aromatic rings. The summed E-state index contributed by atoms with van der Waals surface area (Å²) in [5.74, 6) is -1.50. The quantitative estimate of drug-likeness (QED) is 0.721. The van der Waals surface area contributed by atoms with Crippen molar-refractivity contribution in [3.63, 3.8) is 0 Å². The fourth-order valence-electron chi connectivity index (χ4n) is 2.94. The van der Waals surface area contributed by atoms with E-state index < -0.39 is 23.1 Å². The molecule has 4 rings (SSSR count). The molecule has 1 aromatic heterocycles. The molecular weight excluding hydrogens is 340 g/mol. The maximum atomic E-state index is 13.7. The summed E-state index contributed by atoms with van der Waals surface area (Å²) in [5.41, 5.74) is 0.543. The Hall–Kier alpha value is -3.09. The fraction of sp³-hybridized carbons (Fsp3) is 0.211. The molecule has 1 aliphatic rings. The van der Waals surface area contributed by atoms with Gasteiger partial charge in [-0.15, -0.1) is 0 Å². The molecule has 0 atom stereocenters. The third kappa shape index (κ3) is 3.08. The average molecular weight is 355 g/mol. The van der Waals surface area contributed by atoms with Crippen LogP contribution in [0.25, 0.3) is 0 Å². The topological polar surface area (TPSA) is 59.2 Å². The SMILES string of the molecule is O=C(c1c(F)cccc1F)N1CC(c2nc(Cc3ccccc3)no2)C1. The molecule has 0 spiro atoms. The molecular formula is C19H15F2N3O2. The van der Waals surface area contributed by atoms with Gasteiger partial charge in [0.1, 0.15) is 17.2 Å². The lowest BCUT2D eigenvalue weighted by molar-refractivity contribution is 0.0559. The van der Waals surface area contributed by atoms with Crippen LogP contribution in [0.5, 0.6) is 0 Å². The highest BCUT2D eigenvalue weighted by Crippen LogP contribution is 2.28. The van der Waals surface area contributed by atoms with Crippen molar-refractivity contribution in [3.8, 4) is 0 Å². The lowest BCUT2D eigenvalue weighted by atomic mass is 9.98. The fourth-order valence-corrected chi connectivity index (χ4v) is 2.94. The smallest absolute Gasteiger partial charge is 0.259 e. The van der Waals surface area contributed by atoms with E-state index in [2.05, 4.69) is 10.1 Å². The number of nitrogens with zero attached hydrogens (tertiary/aromatic N) is 3. The number of carbonyl (C=O) groups is 1. The molecule has 26 heavy (non-hydrogen) atoms. The molecule has 1 aliphatic heterocycles. The molecule has 1 saturated heterocycles. The van der Waals surface area contributed by atoms with E-state index in [1.807, 2.05) is 30.3 Å². The number of amides is 1. The van der Waals surface area contributed by atoms with E-state index in [0.29, 0.717) is 31.2 Å². The van der Waals surface area contributed by atoms with Gasteiger partial charge < -0.3 is 9.42 Å². The normalized spacial score (nSPS) is 14.3. The van der Waals surface area contributed by atoms with E-state index in [-0.39, 0.29) is 5.92 Å². The third-order valence-electron chi connectivity index (χ3n) is 4.38. The van der Waals surface area contributed by atoms with E-state index in [4.69, 9.17) is 4.52 Å². The highest BCUT2D eigenvalue weighted by molar-refractivity contribution is 5.95. The molecule has 0 aliphatic carbocycles. The Labute approximate surface area is 148 Å². The molecule has 1 amide bonds. The van der Waals surface area contributed by atoms with Crippen molar-refractivity contribution in [1.29, 1.82) is 0 Å². The van der Waals surface area contributed by atoms with Crippen LogP contribution in [0.3, 0.4) is 0 Å². The number of rotatable bonds is 4. The predicted octanol–water partition coefficient (Wildman–Crippen LogP) is 3.18. The minimum Gasteiger partial charge on any atom is -0.339 e. The highest BCUT2D eigenvalue weighted by atomic mass is 19.1. The maximum Gasteiger partial charge on any atom is 0.259 e. The molecule has 0 saturated carbocycles. The van der Waals surface area contributed by atoms with E-state index >= 15 is 0 Å². The Balaban J connectivity index is 1.40. The van der Waals surface area contributed by atoms with Crippen molar-refractivity contribution in [1.82, 2.24) is 15.0 Å². The third-order valence-corrected chi connectivity index (χ3v) is 4.38. The van der Waals surface area contributed by atoms with Gasteiger partial charge in [-0.3, -0.25) is 4.79 Å². The van der Waals surface area contributed by atoms with E-state index in [1.165, 1.54) is 11.0 Å². The van der Waals surface area contributed by atoms with Crippen LogP contribution in [0.1, 0.15) is 33.6 Å². The van der Waals surface area contributed by atoms with Crippen molar-refractivity contribution < 1.29 is 18.1 Å². The summed E-state index contributed by atoms with van der Waals surface area (Å²) in [5, 5.41) is 3.96. The van der Waals surface area contributed by atoms with Gasteiger partial charge in [-0.05, 0) is 17.7 Å². The van der Waals surface area contributed by atoms with E-state index in [0.717, 1.165) is 17.7 Å². The zero-order valence-corrected chi connectivity index (χ0v) is 13.7. The van der Waals surface area contributed by atoms with Crippen molar-refractivity contribution in [2.24, 2.45) is 0 Å². The summed E-state index contributed by atoms with van der Waals surface area (Å²) in [6.45, 7) is 0.582. The lowest BCUT2D eigenvalue weighted by Gasteiger charge is -2.37. The largest absolute Gasteiger partial charge is 0.339 e. The number of hydrogen-bond acceptors (Lipinski definition) is 4. The molecule has 2 heterocycles. The number of carbonyl (C=O) groups excluding carboxylic acids is 1. The Kier molecular flexibility index (Phi) is 4.20. The lowest BCUT2D eigenvalue weighted by Crippen LogP contribution is -2.49. The standard InChI is InChI=1S/C19H15F2N3O2/c20-14-7-4-8-15(21)17(14)19(25)24-10-13(11-24)18-22-16(23-26-18)9-12-5-2-1-3-6-12/h1-8,13H,9-11H2. The predicted molar refractivity (Wildman–Crippen MR) is 88.5 cm³/mol. The zero-order valence-electron chi connectivity index (χ0n) is 13.7. The second-order valence-electron chi connectivity index (χ2n) is 6.21. The monoisotopic (exact) mass is 355 g/mol. The van der Waals surface area contributed by atoms with Crippen LogP contribution in [-0.4, -0.2) is 34.0 Å². The van der Waals surface area contributed by atoms with Crippen molar-refractivity contribution in [2.45, 2.75) is 12.3 Å². The minimum atomic E-state index is -0.860. The van der Waals surface area contributed by atoms with Crippen LogP contribution in [0, 0.1) is 11.6 Å². The van der Waals surface area contributed by atoms with Crippen LogP contribution in [-0.2, 0) is 6.42 Å². The second kappa shape index (κ2) is 6.67. The first kappa shape index (κ1) is 16.4. The van der Waals surface area contributed by atoms with Gasteiger partial charge in [0.15, 0.2) is 5.82 Å². The van der Waals surface area contributed by atoms with Gasteiger partial charge in [0.25, 0.3) is 5.91 Å². The molecule has 7 heteroatoms. The first-order chi connectivity index (χ1) is 12.6. The number of benzene rings is 2. The minimum absolute atomic E-state index is 0.120. The second-order valence-corrected chi connectivity index (χ2v) is 6.21. The van der Waals surface area contributed by atoms with Gasteiger partial charge >= 0.3 is 0 Å². The average Bonchev–Trinajstić information content (AvgIpc) is 3.02. The van der Waals surface area contributed by atoms with Crippen LogP contribution in [0.15, 0.2) is 53.1 Å². The highest BCUT2D eigenvalue weighted by Gasteiger charge is 2.37. The summed E-state index contributed by atoms with van der Waals surface area (Å²) in [7, 11) is 0. The summed E-state index contributed by atoms with van der Waals surface area (Å²) in [4.78, 5) is 18.0. The number of hydrogen-bond donors (Lipinski definition) is 0. The molecule has 0 bridgehead atoms. The van der Waals surface area contributed by atoms with Crippen LogP contribution >= 0.6 is 0 Å². The van der Waals surface area contributed by atoms with Crippen molar-refractivity contribution in [2.75, 3.05) is 13.1 Å². The van der Waals surface area contributed by atoms with Gasteiger partial charge in [0, 0.05) is 19.5 Å². The molecule has 0 unspecified atom stereocenters. The zero-order chi connectivity index (χ0) is 18.1. The number of aromatic nitrogens is 2. The van der Waals surface area contributed by atoms with Gasteiger partial charge in [0.05, 0.1) is 5.92 Å². The molecule has 0 N–H and O–H groups in total. The Bertz CT molecular complexity index is 917. The van der Waals surface area contributed by atoms with Gasteiger partial charge in [-0.1, -0.05) is 41.6 Å². The number of halogens is 2. The summed E-state index contributed by atoms with van der Waals surface area (Å²) >= 11 is 0. The Morgan fingerprint density at radius 2 is 1.77 bits per heavy atom. The van der Waals surface area contributed by atoms with Gasteiger partial charge in [-0.2, -0.15) is 4.98 Å². The summed E-state index contributed by atoms with van der Waals surface area (Å²) in [6.07, 6.45) is 0.556. The number of likely N-dealkylation sites (tertiary alicyclic amines) is 1. The summed E-state index contributed by atoms with van der Waals surface area (Å²) < 4.78 is 32.7. The van der Waals surface area contributed by atoms with Crippen molar-refractivity contribution in [3.05, 3.63) is 83.0 Å². The Morgan fingerprint density at radius 3 is 2.46 bits per heavy atom. The van der Waals surface area contributed by atoms with Crippen LogP contribution in [0.2, 0.25) is 0 Å². The molecule has 132 valence electrons. The first-order valence-electron chi connectivity index (χ1n) is 8.21. The first-order valence-corrected chi connectivity index (χ1v) is 8.21. The van der Waals surface area contributed by atoms with Crippen LogP contribution in [0.4, 0.5) is 8.78 Å². The molecule has 5 nitrogen and oxygen atoms in total. The molecule has 1 fully saturated rings. The van der Waals surface area contributed by atoms with E-state index in [9.17, 15) is 13.6 Å². The van der Waals surface area contributed by atoms with Crippen LogP contribution < -0.4 is 0 Å².